The topological polar surface area (TPSA) is 0 Å². The Labute approximate surface area is 682 Å². The van der Waals surface area contributed by atoms with E-state index in [0.29, 0.717) is 21.7 Å². The Kier molecular flexibility index (Phi) is 79.6. The molecule has 1 saturated carbocycles. The van der Waals surface area contributed by atoms with Crippen molar-refractivity contribution >= 4 is 0 Å². The van der Waals surface area contributed by atoms with Gasteiger partial charge in [0.2, 0.25) is 0 Å². The molecule has 0 aromatic carbocycles. The number of unbranched alkanes of at least 4 members (excludes halogenated alkanes) is 72. The number of hydrogen-bond donors (Lipinski definition) is 0. The standard InChI is InChI=1S/C107H214/c1-10-19-28-37-46-55-58-61-66-75-84-95-104(93-82-73-64-49-40-31-22-13-4,94-83-74-65-50-41-32-23-14-5)103-92-91-102-107(103,105(96-85-76-67-51-42-33-24-15-6,97-86-77-68-52-43-34-25-16-7)100-89-80-71-62-59-56-47-38-29-20-11-2)106(98-87-78-69-53-44-35-26-17-8,99-88-79-70-54-45-36-27-18-9)101-90-81-72-63-60-57-48-39-30-21-12-3/h103H,10-102H2,1-9H3. The summed E-state index contributed by atoms with van der Waals surface area (Å²) < 4.78 is 0. The summed E-state index contributed by atoms with van der Waals surface area (Å²) in [5.41, 5.74) is 1.84. The second kappa shape index (κ2) is 81.2. The van der Waals surface area contributed by atoms with E-state index in [1.165, 1.54) is 462 Å². The minimum absolute atomic E-state index is 0.444. The molecule has 0 N–H and O–H groups in total. The van der Waals surface area contributed by atoms with Crippen molar-refractivity contribution in [1.82, 2.24) is 0 Å². The van der Waals surface area contributed by atoms with Crippen LogP contribution >= 0.6 is 0 Å². The molecule has 0 bridgehead atoms. The average Bonchev–Trinajstić information content (AvgIpc) is 1.67. The summed E-state index contributed by atoms with van der Waals surface area (Å²) in [7, 11) is 0. The van der Waals surface area contributed by atoms with E-state index in [9.17, 15) is 0 Å². The molecule has 0 saturated heterocycles. The fourth-order valence-electron chi connectivity index (χ4n) is 22.7. The van der Waals surface area contributed by atoms with Gasteiger partial charge in [0, 0.05) is 0 Å². The van der Waals surface area contributed by atoms with Gasteiger partial charge < -0.3 is 0 Å². The molecule has 1 atom stereocenters. The molecule has 0 aromatic rings. The molecule has 0 aromatic heterocycles. The maximum Gasteiger partial charge on any atom is -0.0151 e. The molecule has 107 heavy (non-hydrogen) atoms. The van der Waals surface area contributed by atoms with E-state index in [4.69, 9.17) is 0 Å². The number of hydrogen-bond acceptors (Lipinski definition) is 0. The molecule has 1 fully saturated rings. The zero-order chi connectivity index (χ0) is 77.3. The Morgan fingerprint density at radius 2 is 0.280 bits per heavy atom. The molecular weight excluding hydrogens is 1290 g/mol. The normalized spacial score (nSPS) is 14.3. The summed E-state index contributed by atoms with van der Waals surface area (Å²) in [6.45, 7) is 21.8. The van der Waals surface area contributed by atoms with E-state index in [1.54, 1.807) is 135 Å². The lowest BCUT2D eigenvalue weighted by molar-refractivity contribution is -0.185. The minimum atomic E-state index is 0.444. The number of rotatable bonds is 93. The molecule has 1 unspecified atom stereocenters. The predicted molar refractivity (Wildman–Crippen MR) is 494 cm³/mol. The van der Waals surface area contributed by atoms with Crippen molar-refractivity contribution in [2.45, 2.75) is 659 Å². The van der Waals surface area contributed by atoms with Crippen LogP contribution in [0.25, 0.3) is 0 Å². The summed E-state index contributed by atoms with van der Waals surface area (Å²) in [6.07, 6.45) is 139. The highest BCUT2D eigenvalue weighted by Gasteiger charge is 2.68. The van der Waals surface area contributed by atoms with Crippen LogP contribution in [0, 0.1) is 27.6 Å². The molecule has 1 aliphatic rings. The van der Waals surface area contributed by atoms with Crippen LogP contribution in [-0.2, 0) is 0 Å². The molecule has 0 nitrogen and oxygen atoms in total. The molecule has 0 radical (unpaired) electrons. The zero-order valence-corrected chi connectivity index (χ0v) is 77.3. The fraction of sp³-hybridized carbons (Fsp3) is 1.00. The maximum absolute atomic E-state index is 2.44. The highest BCUT2D eigenvalue weighted by Crippen LogP contribution is 2.76. The maximum atomic E-state index is 2.44. The van der Waals surface area contributed by atoms with Crippen LogP contribution in [0.5, 0.6) is 0 Å². The van der Waals surface area contributed by atoms with Gasteiger partial charge in [0.1, 0.15) is 0 Å². The van der Waals surface area contributed by atoms with Crippen molar-refractivity contribution in [2.24, 2.45) is 27.6 Å². The van der Waals surface area contributed by atoms with Crippen LogP contribution in [0.15, 0.2) is 0 Å². The van der Waals surface area contributed by atoms with E-state index < -0.39 is 0 Å². The molecular formula is C107H214. The van der Waals surface area contributed by atoms with E-state index in [1.807, 2.05) is 0 Å². The van der Waals surface area contributed by atoms with Gasteiger partial charge in [0.05, 0.1) is 0 Å². The minimum Gasteiger partial charge on any atom is -0.0654 e. The van der Waals surface area contributed by atoms with Crippen LogP contribution < -0.4 is 0 Å². The first-order valence-corrected chi connectivity index (χ1v) is 52.9. The van der Waals surface area contributed by atoms with Crippen molar-refractivity contribution in [3.05, 3.63) is 0 Å². The average molecular weight is 1500 g/mol. The van der Waals surface area contributed by atoms with Gasteiger partial charge in [0.15, 0.2) is 0 Å². The Morgan fingerprint density at radius 3 is 0.421 bits per heavy atom. The van der Waals surface area contributed by atoms with Gasteiger partial charge in [-0.25, -0.2) is 0 Å². The first-order chi connectivity index (χ1) is 52.9. The summed E-state index contributed by atoms with van der Waals surface area (Å²) in [6, 6.07) is 0. The van der Waals surface area contributed by atoms with E-state index in [2.05, 4.69) is 62.3 Å². The summed E-state index contributed by atoms with van der Waals surface area (Å²) in [5.74, 6) is 0.916. The van der Waals surface area contributed by atoms with Crippen LogP contribution in [-0.4, -0.2) is 0 Å². The van der Waals surface area contributed by atoms with Crippen molar-refractivity contribution in [3.8, 4) is 0 Å². The molecule has 642 valence electrons. The smallest absolute Gasteiger partial charge is 0.0151 e. The monoisotopic (exact) mass is 1500 g/mol. The summed E-state index contributed by atoms with van der Waals surface area (Å²) in [5, 5.41) is 0. The van der Waals surface area contributed by atoms with Gasteiger partial charge in [-0.3, -0.25) is 0 Å². The third-order valence-corrected chi connectivity index (χ3v) is 29.2. The summed E-state index contributed by atoms with van der Waals surface area (Å²) >= 11 is 0. The van der Waals surface area contributed by atoms with Crippen molar-refractivity contribution < 1.29 is 0 Å². The lowest BCUT2D eigenvalue weighted by Crippen LogP contribution is -2.60. The SMILES string of the molecule is CCCCCCCCCCCCCC(CCCCCCCCCC)(CCCCCCCCCC)C1CCCC1(C(CCCCCCCCCC)(CCCCCCCCCC)CCCCCCCCCCCCC)C(CCCCCCCCCC)(CCCCCCCCCC)CCCCCCCCCCCCC. The summed E-state index contributed by atoms with van der Waals surface area (Å²) in [4.78, 5) is 0. The zero-order valence-electron chi connectivity index (χ0n) is 77.3. The van der Waals surface area contributed by atoms with E-state index >= 15 is 0 Å². The molecule has 1 rings (SSSR count). The highest BCUT2D eigenvalue weighted by molar-refractivity contribution is 5.17. The predicted octanol–water partition coefficient (Wildman–Crippen LogP) is 41.0. The quantitative estimate of drug-likeness (QED) is 0.0533. The molecule has 0 aliphatic heterocycles. The first kappa shape index (κ1) is 105. The molecule has 0 heteroatoms. The Bertz CT molecular complexity index is 1520. The van der Waals surface area contributed by atoms with Gasteiger partial charge in [-0.2, -0.15) is 0 Å². The molecule has 0 spiro atoms. The second-order valence-corrected chi connectivity index (χ2v) is 38.5. The van der Waals surface area contributed by atoms with Crippen LogP contribution in [0.1, 0.15) is 659 Å². The Morgan fingerprint density at radius 1 is 0.159 bits per heavy atom. The van der Waals surface area contributed by atoms with E-state index in [0.717, 1.165) is 5.92 Å². The van der Waals surface area contributed by atoms with Crippen LogP contribution in [0.4, 0.5) is 0 Å². The lowest BCUT2D eigenvalue weighted by atomic mass is 9.37. The van der Waals surface area contributed by atoms with E-state index in [-0.39, 0.29) is 0 Å². The molecule has 1 aliphatic carbocycles. The van der Waals surface area contributed by atoms with Crippen LogP contribution in [0.3, 0.4) is 0 Å². The Hall–Kier alpha value is 0. The van der Waals surface area contributed by atoms with Crippen molar-refractivity contribution in [1.29, 1.82) is 0 Å². The second-order valence-electron chi connectivity index (χ2n) is 38.5. The van der Waals surface area contributed by atoms with Gasteiger partial charge in [0.25, 0.3) is 0 Å². The Balaban J connectivity index is 4.84. The first-order valence-electron chi connectivity index (χ1n) is 52.9. The van der Waals surface area contributed by atoms with Crippen LogP contribution in [0.2, 0.25) is 0 Å². The van der Waals surface area contributed by atoms with Gasteiger partial charge >= 0.3 is 0 Å². The molecule has 0 heterocycles. The fourth-order valence-corrected chi connectivity index (χ4v) is 22.7. The third-order valence-electron chi connectivity index (χ3n) is 29.2. The van der Waals surface area contributed by atoms with Crippen molar-refractivity contribution in [2.75, 3.05) is 0 Å². The largest absolute Gasteiger partial charge is 0.0654 e. The van der Waals surface area contributed by atoms with Gasteiger partial charge in [-0.1, -0.05) is 589 Å². The van der Waals surface area contributed by atoms with Gasteiger partial charge in [-0.15, -0.1) is 0 Å². The lowest BCUT2D eigenvalue weighted by Gasteiger charge is -2.67. The van der Waals surface area contributed by atoms with Gasteiger partial charge in [-0.05, 0) is 98.2 Å². The highest BCUT2D eigenvalue weighted by atomic mass is 14.7. The third kappa shape index (κ3) is 54.5. The van der Waals surface area contributed by atoms with Crippen molar-refractivity contribution in [3.63, 3.8) is 0 Å². The molecule has 0 amide bonds.